The first kappa shape index (κ1) is 51.3. The highest BCUT2D eigenvalue weighted by molar-refractivity contribution is 5.90. The Labute approximate surface area is 328 Å². The minimum Gasteiger partial charge on any atom is -0.460 e. The molecule has 0 aromatic carbocycles. The van der Waals surface area contributed by atoms with Gasteiger partial charge >= 0.3 is 24.1 Å². The van der Waals surface area contributed by atoms with Gasteiger partial charge in [0, 0.05) is 32.6 Å². The zero-order chi connectivity index (χ0) is 43.7. The Kier molecular flexibility index (Phi) is 20.8. The van der Waals surface area contributed by atoms with E-state index < -0.39 is 107 Å². The second kappa shape index (κ2) is 22.7. The van der Waals surface area contributed by atoms with Crippen molar-refractivity contribution in [3.63, 3.8) is 0 Å². The zero-order valence-corrected chi connectivity index (χ0v) is 34.8. The van der Waals surface area contributed by atoms with E-state index in [2.05, 4.69) is 31.9 Å². The second-order valence-electron chi connectivity index (χ2n) is 16.8. The number of carbonyl (C=O) groups is 8. The summed E-state index contributed by atoms with van der Waals surface area (Å²) >= 11 is 0. The second-order valence-corrected chi connectivity index (χ2v) is 16.8. The highest BCUT2D eigenvalue weighted by atomic mass is 16.6. The number of rotatable bonds is 19. The molecule has 0 aromatic heterocycles. The van der Waals surface area contributed by atoms with Crippen LogP contribution >= 0.6 is 0 Å². The summed E-state index contributed by atoms with van der Waals surface area (Å²) in [5, 5.41) is 35.0. The number of carbonyl (C=O) groups excluding carboxylic acids is 8. The summed E-state index contributed by atoms with van der Waals surface area (Å²) in [6.07, 6.45) is -7.05. The van der Waals surface area contributed by atoms with Crippen LogP contribution in [0.2, 0.25) is 0 Å². The Morgan fingerprint density at radius 3 is 1.14 bits per heavy atom. The van der Waals surface area contributed by atoms with E-state index in [1.807, 2.05) is 0 Å². The number of ether oxygens (including phenoxy) is 4. The minimum absolute atomic E-state index is 0.0764. The van der Waals surface area contributed by atoms with Gasteiger partial charge in [-0.2, -0.15) is 0 Å². The molecule has 56 heavy (non-hydrogen) atoms. The smallest absolute Gasteiger partial charge is 0.408 e. The van der Waals surface area contributed by atoms with Crippen molar-refractivity contribution in [2.24, 2.45) is 0 Å². The molecule has 322 valence electrons. The molecule has 0 saturated carbocycles. The van der Waals surface area contributed by atoms with Gasteiger partial charge in [-0.15, -0.1) is 0 Å². The summed E-state index contributed by atoms with van der Waals surface area (Å²) in [5.41, 5.74) is -3.42. The molecule has 2 unspecified atom stereocenters. The van der Waals surface area contributed by atoms with Crippen LogP contribution in [-0.2, 0) is 47.7 Å². The Balaban J connectivity index is 4.87. The van der Waals surface area contributed by atoms with Crippen LogP contribution in [0.4, 0.5) is 9.59 Å². The number of hydrogen-bond donors (Lipinski definition) is 8. The molecule has 0 heterocycles. The fourth-order valence-corrected chi connectivity index (χ4v) is 4.23. The molecule has 0 radical (unpaired) electrons. The summed E-state index contributed by atoms with van der Waals surface area (Å²) in [6.45, 7) is 19.0. The highest BCUT2D eigenvalue weighted by Crippen LogP contribution is 2.13. The largest absolute Gasteiger partial charge is 0.460 e. The average Bonchev–Trinajstić information content (AvgIpc) is 2.98. The highest BCUT2D eigenvalue weighted by Gasteiger charge is 2.31. The van der Waals surface area contributed by atoms with Crippen molar-refractivity contribution >= 4 is 47.8 Å². The van der Waals surface area contributed by atoms with Gasteiger partial charge in [0.15, 0.2) is 6.10 Å². The van der Waals surface area contributed by atoms with Gasteiger partial charge < -0.3 is 61.1 Å². The molecule has 0 bridgehead atoms. The topological polar surface area (TPSA) is 286 Å². The van der Waals surface area contributed by atoms with E-state index >= 15 is 0 Å². The summed E-state index contributed by atoms with van der Waals surface area (Å²) in [4.78, 5) is 99.6. The van der Waals surface area contributed by atoms with E-state index in [-0.39, 0.29) is 39.0 Å². The van der Waals surface area contributed by atoms with Crippen LogP contribution in [0.25, 0.3) is 0 Å². The maximum absolute atomic E-state index is 12.8. The molecule has 6 amide bonds. The summed E-state index contributed by atoms with van der Waals surface area (Å²) in [6, 6.07) is -2.70. The van der Waals surface area contributed by atoms with Gasteiger partial charge in [-0.05, 0) is 89.5 Å². The Hall–Kier alpha value is -4.72. The normalized spacial score (nSPS) is 14.0. The van der Waals surface area contributed by atoms with Crippen molar-refractivity contribution in [1.29, 1.82) is 0 Å². The number of nitrogens with one attached hydrogen (secondary N) is 6. The lowest BCUT2D eigenvalue weighted by atomic mass is 10.1. The fourth-order valence-electron chi connectivity index (χ4n) is 4.23. The number of aliphatic hydroxyl groups is 2. The summed E-state index contributed by atoms with van der Waals surface area (Å²) in [5.74, 6) is -4.58. The van der Waals surface area contributed by atoms with Crippen molar-refractivity contribution in [3.8, 4) is 0 Å². The third kappa shape index (κ3) is 26.1. The molecule has 0 aromatic rings. The molecule has 0 spiro atoms. The Bertz CT molecular complexity index is 1300. The fraction of sp³-hybridized carbons (Fsp3) is 0.778. The summed E-state index contributed by atoms with van der Waals surface area (Å²) < 4.78 is 20.8. The van der Waals surface area contributed by atoms with Gasteiger partial charge in [-0.3, -0.25) is 28.8 Å². The molecule has 0 rings (SSSR count). The van der Waals surface area contributed by atoms with E-state index in [1.165, 1.54) is 0 Å². The molecular formula is C36H64N6O14. The van der Waals surface area contributed by atoms with Crippen molar-refractivity contribution in [2.75, 3.05) is 26.2 Å². The number of amides is 6. The van der Waals surface area contributed by atoms with Gasteiger partial charge in [0.1, 0.15) is 34.5 Å². The van der Waals surface area contributed by atoms with Crippen LogP contribution in [0.5, 0.6) is 0 Å². The van der Waals surface area contributed by atoms with E-state index in [1.54, 1.807) is 83.1 Å². The van der Waals surface area contributed by atoms with Crippen molar-refractivity contribution < 1.29 is 67.5 Å². The monoisotopic (exact) mass is 804 g/mol. The molecule has 8 N–H and O–H groups in total. The van der Waals surface area contributed by atoms with E-state index in [0.717, 1.165) is 0 Å². The van der Waals surface area contributed by atoms with Gasteiger partial charge in [0.2, 0.25) is 17.7 Å². The minimum atomic E-state index is -1.93. The lowest BCUT2D eigenvalue weighted by molar-refractivity contribution is -0.157. The van der Waals surface area contributed by atoms with Crippen LogP contribution in [0, 0.1) is 0 Å². The number of hydrogen-bond acceptors (Lipinski definition) is 14. The average molecular weight is 805 g/mol. The first-order valence-corrected chi connectivity index (χ1v) is 18.3. The number of esters is 2. The van der Waals surface area contributed by atoms with E-state index in [4.69, 9.17) is 18.9 Å². The lowest BCUT2D eigenvalue weighted by Crippen LogP contribution is -2.51. The number of aliphatic hydroxyl groups excluding tert-OH is 2. The lowest BCUT2D eigenvalue weighted by Gasteiger charge is -2.24. The van der Waals surface area contributed by atoms with Crippen LogP contribution in [0.3, 0.4) is 0 Å². The van der Waals surface area contributed by atoms with Crippen LogP contribution in [0.15, 0.2) is 0 Å². The van der Waals surface area contributed by atoms with Crippen LogP contribution in [0.1, 0.15) is 109 Å². The van der Waals surface area contributed by atoms with E-state index in [9.17, 15) is 48.6 Å². The van der Waals surface area contributed by atoms with Gasteiger partial charge in [-0.25, -0.2) is 9.59 Å². The SMILES string of the molecule is CC(C)(C)OC(=O)CC(NC(=O)OC(C)(C)C)C(=O)NCCNC(=O)CC[C@@H](O)[C@H](O)C(=O)NCCNC(=O)C(CC(=O)OC(C)(C)C)NC(=O)OC(C)(C)C. The standard InChI is InChI=1S/C36H64N6O14/c1-33(2,3)53-25(45)19-21(41-31(51)55-35(7,8)9)28(48)38-16-15-37-24(44)14-13-23(43)27(47)30(50)40-18-17-39-29(49)22(20-26(46)54-34(4,5)6)42-32(52)56-36(10,11)12/h21-23,27,43,47H,13-20H2,1-12H3,(H,37,44)(H,38,48)(H,39,49)(H,40,50)(H,41,51)(H,42,52)/t21?,22?,23-,27+/m1/s1. The van der Waals surface area contributed by atoms with Crippen molar-refractivity contribution in [3.05, 3.63) is 0 Å². The van der Waals surface area contributed by atoms with E-state index in [0.29, 0.717) is 0 Å². The maximum Gasteiger partial charge on any atom is 0.408 e. The molecule has 0 aliphatic carbocycles. The molecule has 0 aliphatic heterocycles. The summed E-state index contributed by atoms with van der Waals surface area (Å²) in [7, 11) is 0. The van der Waals surface area contributed by atoms with Gasteiger partial charge in [0.25, 0.3) is 5.91 Å². The van der Waals surface area contributed by atoms with Gasteiger partial charge in [0.05, 0.1) is 18.9 Å². The molecule has 20 nitrogen and oxygen atoms in total. The third-order valence-electron chi connectivity index (χ3n) is 6.37. The van der Waals surface area contributed by atoms with Crippen molar-refractivity contribution in [2.45, 2.75) is 155 Å². The first-order chi connectivity index (χ1) is 25.4. The quantitative estimate of drug-likeness (QED) is 0.0492. The Morgan fingerprint density at radius 2 is 0.804 bits per heavy atom. The maximum atomic E-state index is 12.8. The molecule has 4 atom stereocenters. The molecular weight excluding hydrogens is 740 g/mol. The predicted molar refractivity (Wildman–Crippen MR) is 201 cm³/mol. The molecule has 0 fully saturated rings. The Morgan fingerprint density at radius 1 is 0.482 bits per heavy atom. The molecule has 0 aliphatic rings. The van der Waals surface area contributed by atoms with Crippen molar-refractivity contribution in [1.82, 2.24) is 31.9 Å². The van der Waals surface area contributed by atoms with Crippen LogP contribution in [-0.4, -0.2) is 131 Å². The zero-order valence-electron chi connectivity index (χ0n) is 34.8. The first-order valence-electron chi connectivity index (χ1n) is 18.3. The van der Waals surface area contributed by atoms with Gasteiger partial charge in [-0.1, -0.05) is 0 Å². The predicted octanol–water partition coefficient (Wildman–Crippen LogP) is 0.203. The van der Waals surface area contributed by atoms with Crippen LogP contribution < -0.4 is 31.9 Å². The number of alkyl carbamates (subject to hydrolysis) is 2. The molecule has 20 heteroatoms. The third-order valence-corrected chi connectivity index (χ3v) is 6.37. The molecule has 0 saturated heterocycles.